The van der Waals surface area contributed by atoms with Crippen LogP contribution in [0.4, 0.5) is 0 Å². The van der Waals surface area contributed by atoms with Gasteiger partial charge in [0.2, 0.25) is 0 Å². The molecular weight excluding hydrogens is 204 g/mol. The molecule has 2 aromatic carbocycles. The normalized spacial score (nSPS) is 17.4. The Kier molecular flexibility index (Phi) is 1.58. The molecule has 0 N–H and O–H groups in total. The Hall–Kier alpha value is -2.08. The lowest BCUT2D eigenvalue weighted by Gasteiger charge is -2.23. The Labute approximate surface area is 101 Å². The van der Waals surface area contributed by atoms with E-state index in [0.717, 1.165) is 0 Å². The van der Waals surface area contributed by atoms with Crippen LogP contribution in [-0.4, -0.2) is 0 Å². The summed E-state index contributed by atoms with van der Waals surface area (Å²) in [5.74, 6) is 0. The highest BCUT2D eigenvalue weighted by Crippen LogP contribution is 2.47. The van der Waals surface area contributed by atoms with Crippen molar-refractivity contribution < 1.29 is 0 Å². The summed E-state index contributed by atoms with van der Waals surface area (Å²) in [5, 5.41) is 0. The Morgan fingerprint density at radius 3 is 1.59 bits per heavy atom. The number of hydrogen-bond acceptors (Lipinski definition) is 0. The van der Waals surface area contributed by atoms with E-state index in [0.29, 0.717) is 0 Å². The van der Waals surface area contributed by atoms with Crippen molar-refractivity contribution in [2.45, 2.75) is 5.41 Å². The van der Waals surface area contributed by atoms with Crippen molar-refractivity contribution in [3.05, 3.63) is 82.9 Å². The minimum Gasteiger partial charge on any atom is -0.0652 e. The van der Waals surface area contributed by atoms with Gasteiger partial charge in [0.05, 0.1) is 5.41 Å². The molecule has 0 amide bonds. The molecule has 0 saturated heterocycles. The smallest absolute Gasteiger partial charge is 0.0580 e. The van der Waals surface area contributed by atoms with Gasteiger partial charge < -0.3 is 0 Å². The zero-order valence-electron chi connectivity index (χ0n) is 9.43. The Balaban J connectivity index is 2.05. The van der Waals surface area contributed by atoms with E-state index in [1.54, 1.807) is 0 Å². The van der Waals surface area contributed by atoms with E-state index in [-0.39, 0.29) is 5.41 Å². The Bertz CT molecular complexity index is 600. The van der Waals surface area contributed by atoms with Crippen LogP contribution in [0.15, 0.2) is 60.7 Å². The fourth-order valence-electron chi connectivity index (χ4n) is 3.04. The molecular formula is C17H12. The van der Waals surface area contributed by atoms with Crippen LogP contribution < -0.4 is 0 Å². The fourth-order valence-corrected chi connectivity index (χ4v) is 3.04. The molecule has 0 saturated carbocycles. The first-order chi connectivity index (χ1) is 8.40. The third kappa shape index (κ3) is 1.03. The molecule has 2 aromatic rings. The third-order valence-corrected chi connectivity index (χ3v) is 3.86. The average molecular weight is 216 g/mol. The molecule has 2 aliphatic rings. The lowest BCUT2D eigenvalue weighted by molar-refractivity contribution is 0.851. The van der Waals surface area contributed by atoms with Crippen LogP contribution in [0.25, 0.3) is 12.2 Å². The van der Waals surface area contributed by atoms with Gasteiger partial charge in [0, 0.05) is 0 Å². The van der Waals surface area contributed by atoms with E-state index in [9.17, 15) is 0 Å². The SMILES string of the molecule is C1=CC2(C=Cc3ccccc32)c2ccccc21. The van der Waals surface area contributed by atoms with E-state index in [2.05, 4.69) is 72.8 Å². The van der Waals surface area contributed by atoms with E-state index in [1.165, 1.54) is 22.3 Å². The quantitative estimate of drug-likeness (QED) is 0.623. The van der Waals surface area contributed by atoms with Crippen LogP contribution in [-0.2, 0) is 5.41 Å². The summed E-state index contributed by atoms with van der Waals surface area (Å²) in [7, 11) is 0. The monoisotopic (exact) mass is 216 g/mol. The number of allylic oxidation sites excluding steroid dienone is 2. The summed E-state index contributed by atoms with van der Waals surface area (Å²) in [6.45, 7) is 0. The second kappa shape index (κ2) is 2.98. The van der Waals surface area contributed by atoms with Crippen molar-refractivity contribution >= 4 is 12.2 Å². The van der Waals surface area contributed by atoms with Crippen LogP contribution in [0.3, 0.4) is 0 Å². The van der Waals surface area contributed by atoms with Crippen molar-refractivity contribution in [2.75, 3.05) is 0 Å². The van der Waals surface area contributed by atoms with E-state index in [1.807, 2.05) is 0 Å². The van der Waals surface area contributed by atoms with Crippen LogP contribution in [0, 0.1) is 0 Å². The van der Waals surface area contributed by atoms with Gasteiger partial charge in [-0.15, -0.1) is 0 Å². The van der Waals surface area contributed by atoms with Gasteiger partial charge in [-0.1, -0.05) is 72.8 Å². The first-order valence-electron chi connectivity index (χ1n) is 5.98. The van der Waals surface area contributed by atoms with Crippen LogP contribution >= 0.6 is 0 Å². The van der Waals surface area contributed by atoms with Gasteiger partial charge in [0.25, 0.3) is 0 Å². The van der Waals surface area contributed by atoms with E-state index in [4.69, 9.17) is 0 Å². The predicted octanol–water partition coefficient (Wildman–Crippen LogP) is 4.03. The summed E-state index contributed by atoms with van der Waals surface area (Å²) in [6, 6.07) is 17.3. The molecule has 0 aromatic heterocycles. The number of benzene rings is 2. The number of hydrogen-bond donors (Lipinski definition) is 0. The van der Waals surface area contributed by atoms with Gasteiger partial charge >= 0.3 is 0 Å². The third-order valence-electron chi connectivity index (χ3n) is 3.86. The van der Waals surface area contributed by atoms with Crippen molar-refractivity contribution in [2.24, 2.45) is 0 Å². The predicted molar refractivity (Wildman–Crippen MR) is 71.7 cm³/mol. The zero-order chi connectivity index (χ0) is 11.3. The summed E-state index contributed by atoms with van der Waals surface area (Å²) in [6.07, 6.45) is 9.11. The van der Waals surface area contributed by atoms with Crippen molar-refractivity contribution in [3.63, 3.8) is 0 Å². The number of rotatable bonds is 0. The first kappa shape index (κ1) is 9.00. The molecule has 2 aliphatic carbocycles. The summed E-state index contributed by atoms with van der Waals surface area (Å²) in [5.41, 5.74) is 5.48. The first-order valence-corrected chi connectivity index (χ1v) is 5.98. The molecule has 0 radical (unpaired) electrons. The summed E-state index contributed by atoms with van der Waals surface area (Å²) in [4.78, 5) is 0. The zero-order valence-corrected chi connectivity index (χ0v) is 9.43. The van der Waals surface area contributed by atoms with Gasteiger partial charge in [-0.25, -0.2) is 0 Å². The molecule has 4 rings (SSSR count). The minimum absolute atomic E-state index is 0.00676. The maximum atomic E-state index is 2.32. The van der Waals surface area contributed by atoms with E-state index < -0.39 is 0 Å². The molecule has 0 heterocycles. The Morgan fingerprint density at radius 1 is 0.588 bits per heavy atom. The molecule has 0 atom stereocenters. The Morgan fingerprint density at radius 2 is 1.06 bits per heavy atom. The molecule has 0 bridgehead atoms. The van der Waals surface area contributed by atoms with Crippen LogP contribution in [0.1, 0.15) is 22.3 Å². The molecule has 80 valence electrons. The van der Waals surface area contributed by atoms with Gasteiger partial charge in [-0.3, -0.25) is 0 Å². The van der Waals surface area contributed by atoms with Crippen molar-refractivity contribution in [1.29, 1.82) is 0 Å². The lowest BCUT2D eigenvalue weighted by atomic mass is 9.78. The van der Waals surface area contributed by atoms with Crippen molar-refractivity contribution in [1.82, 2.24) is 0 Å². The minimum atomic E-state index is -0.00676. The van der Waals surface area contributed by atoms with E-state index >= 15 is 0 Å². The molecule has 0 fully saturated rings. The number of fused-ring (bicyclic) bond motifs is 4. The highest BCUT2D eigenvalue weighted by atomic mass is 14.4. The molecule has 17 heavy (non-hydrogen) atoms. The molecule has 0 nitrogen and oxygen atoms in total. The fraction of sp³-hybridized carbons (Fsp3) is 0.0588. The highest BCUT2D eigenvalue weighted by Gasteiger charge is 2.37. The molecule has 0 aliphatic heterocycles. The van der Waals surface area contributed by atoms with Gasteiger partial charge in [0.15, 0.2) is 0 Å². The largest absolute Gasteiger partial charge is 0.0652 e. The van der Waals surface area contributed by atoms with Crippen LogP contribution in [0.2, 0.25) is 0 Å². The lowest BCUT2D eigenvalue weighted by Crippen LogP contribution is -2.18. The molecule has 1 spiro atoms. The summed E-state index contributed by atoms with van der Waals surface area (Å²) >= 11 is 0. The second-order valence-corrected chi connectivity index (χ2v) is 4.71. The standard InChI is InChI=1S/C17H12/c1-3-7-15-13(5-1)9-11-17(15)12-10-14-6-2-4-8-16(14)17/h1-12H. The topological polar surface area (TPSA) is 0 Å². The van der Waals surface area contributed by atoms with Gasteiger partial charge in [-0.05, 0) is 22.3 Å². The second-order valence-electron chi connectivity index (χ2n) is 4.71. The maximum absolute atomic E-state index is 2.32. The van der Waals surface area contributed by atoms with Gasteiger partial charge in [-0.2, -0.15) is 0 Å². The molecule has 0 heteroatoms. The molecule has 0 unspecified atom stereocenters. The van der Waals surface area contributed by atoms with Gasteiger partial charge in [0.1, 0.15) is 0 Å². The highest BCUT2D eigenvalue weighted by molar-refractivity contribution is 5.79. The van der Waals surface area contributed by atoms with Crippen molar-refractivity contribution in [3.8, 4) is 0 Å². The summed E-state index contributed by atoms with van der Waals surface area (Å²) < 4.78 is 0. The maximum Gasteiger partial charge on any atom is 0.0580 e. The average Bonchev–Trinajstić information content (AvgIpc) is 2.95. The van der Waals surface area contributed by atoms with Crippen LogP contribution in [0.5, 0.6) is 0 Å².